The van der Waals surface area contributed by atoms with E-state index in [4.69, 9.17) is 5.11 Å². The molecule has 2 rings (SSSR count). The Hall–Kier alpha value is -1.36. The molecule has 2 heterocycles. The van der Waals surface area contributed by atoms with Gasteiger partial charge in [-0.25, -0.2) is 4.79 Å². The molecule has 92 valence electrons. The minimum Gasteiger partial charge on any atom is -0.477 e. The molecule has 0 bridgehead atoms. The standard InChI is InChI=1S/C12H16N2O2S/c1-6(2)10-8-5-9(12(15)16)17-11(8)14(13-10)7(3)4/h5-7H,1-4H3,(H,15,16). The second-order valence-electron chi connectivity index (χ2n) is 4.71. The lowest BCUT2D eigenvalue weighted by molar-refractivity contribution is 0.0702. The van der Waals surface area contributed by atoms with Crippen LogP contribution in [0.4, 0.5) is 0 Å². The van der Waals surface area contributed by atoms with Crippen LogP contribution in [0.2, 0.25) is 0 Å². The highest BCUT2D eigenvalue weighted by atomic mass is 32.1. The third-order valence-corrected chi connectivity index (χ3v) is 3.77. The van der Waals surface area contributed by atoms with Gasteiger partial charge in [0.1, 0.15) is 9.71 Å². The summed E-state index contributed by atoms with van der Waals surface area (Å²) < 4.78 is 1.92. The number of nitrogens with zero attached hydrogens (tertiary/aromatic N) is 2. The summed E-state index contributed by atoms with van der Waals surface area (Å²) in [6, 6.07) is 1.98. The Morgan fingerprint density at radius 2 is 2.06 bits per heavy atom. The molecular formula is C12H16N2O2S. The third kappa shape index (κ3) is 1.95. The number of hydrogen-bond acceptors (Lipinski definition) is 3. The van der Waals surface area contributed by atoms with E-state index in [-0.39, 0.29) is 6.04 Å². The van der Waals surface area contributed by atoms with Gasteiger partial charge in [-0.2, -0.15) is 5.10 Å². The smallest absolute Gasteiger partial charge is 0.345 e. The summed E-state index contributed by atoms with van der Waals surface area (Å²) in [7, 11) is 0. The molecule has 1 N–H and O–H groups in total. The van der Waals surface area contributed by atoms with Crippen LogP contribution in [0.3, 0.4) is 0 Å². The predicted octanol–water partition coefficient (Wildman–Crippen LogP) is 3.50. The zero-order valence-electron chi connectivity index (χ0n) is 10.4. The Morgan fingerprint density at radius 3 is 2.53 bits per heavy atom. The summed E-state index contributed by atoms with van der Waals surface area (Å²) in [5.41, 5.74) is 0.984. The van der Waals surface area contributed by atoms with Gasteiger partial charge in [-0.1, -0.05) is 13.8 Å². The first-order valence-electron chi connectivity index (χ1n) is 5.67. The molecule has 4 nitrogen and oxygen atoms in total. The second-order valence-corrected chi connectivity index (χ2v) is 5.74. The molecule has 0 saturated carbocycles. The maximum absolute atomic E-state index is 11.0. The zero-order chi connectivity index (χ0) is 12.7. The van der Waals surface area contributed by atoms with Gasteiger partial charge in [-0.05, 0) is 25.8 Å². The Morgan fingerprint density at radius 1 is 1.41 bits per heavy atom. The van der Waals surface area contributed by atoms with Gasteiger partial charge in [0.15, 0.2) is 0 Å². The number of fused-ring (bicyclic) bond motifs is 1. The lowest BCUT2D eigenvalue weighted by Crippen LogP contribution is -2.03. The Bertz CT molecular complexity index is 526. The van der Waals surface area contributed by atoms with E-state index in [2.05, 4.69) is 32.8 Å². The highest BCUT2D eigenvalue weighted by Gasteiger charge is 2.20. The first-order valence-corrected chi connectivity index (χ1v) is 6.48. The third-order valence-electron chi connectivity index (χ3n) is 2.66. The molecule has 0 aliphatic rings. The maximum atomic E-state index is 11.0. The number of thiophene rings is 1. The van der Waals surface area contributed by atoms with Crippen molar-refractivity contribution in [2.24, 2.45) is 0 Å². The second kappa shape index (κ2) is 4.14. The Labute approximate surface area is 104 Å². The van der Waals surface area contributed by atoms with E-state index < -0.39 is 5.97 Å². The summed E-state index contributed by atoms with van der Waals surface area (Å²) in [6.07, 6.45) is 0. The maximum Gasteiger partial charge on any atom is 0.345 e. The van der Waals surface area contributed by atoms with Crippen LogP contribution in [0.15, 0.2) is 6.07 Å². The van der Waals surface area contributed by atoms with Gasteiger partial charge in [0.25, 0.3) is 0 Å². The number of carboxylic acids is 1. The number of hydrogen-bond donors (Lipinski definition) is 1. The SMILES string of the molecule is CC(C)c1nn(C(C)C)c2sc(C(=O)O)cc12. The van der Waals surface area contributed by atoms with Gasteiger partial charge in [-0.15, -0.1) is 11.3 Å². The summed E-state index contributed by atoms with van der Waals surface area (Å²) in [5.74, 6) is -0.565. The molecule has 0 aromatic carbocycles. The molecule has 0 amide bonds. The number of rotatable bonds is 3. The van der Waals surface area contributed by atoms with E-state index in [9.17, 15) is 4.79 Å². The van der Waals surface area contributed by atoms with Crippen molar-refractivity contribution >= 4 is 27.5 Å². The molecule has 0 fully saturated rings. The van der Waals surface area contributed by atoms with Crippen molar-refractivity contribution in [3.63, 3.8) is 0 Å². The molecule has 2 aromatic rings. The van der Waals surface area contributed by atoms with Crippen LogP contribution in [0.25, 0.3) is 10.2 Å². The van der Waals surface area contributed by atoms with Crippen LogP contribution in [0.5, 0.6) is 0 Å². The van der Waals surface area contributed by atoms with E-state index in [1.165, 1.54) is 11.3 Å². The predicted molar refractivity (Wildman–Crippen MR) is 69.0 cm³/mol. The van der Waals surface area contributed by atoms with E-state index in [0.717, 1.165) is 15.9 Å². The number of carbonyl (C=O) groups is 1. The molecule has 0 aliphatic heterocycles. The van der Waals surface area contributed by atoms with Crippen LogP contribution in [0.1, 0.15) is 55.0 Å². The zero-order valence-corrected chi connectivity index (χ0v) is 11.2. The van der Waals surface area contributed by atoms with Crippen LogP contribution in [-0.2, 0) is 0 Å². The fourth-order valence-corrected chi connectivity index (χ4v) is 2.92. The minimum absolute atomic E-state index is 0.241. The lowest BCUT2D eigenvalue weighted by atomic mass is 10.1. The van der Waals surface area contributed by atoms with Gasteiger partial charge in [0.05, 0.1) is 5.69 Å². The number of carboxylic acid groups (broad SMARTS) is 1. The average Bonchev–Trinajstić information content (AvgIpc) is 2.72. The van der Waals surface area contributed by atoms with Crippen LogP contribution in [-0.4, -0.2) is 20.9 Å². The van der Waals surface area contributed by atoms with E-state index in [1.54, 1.807) is 6.07 Å². The van der Waals surface area contributed by atoms with Crippen molar-refractivity contribution in [1.29, 1.82) is 0 Å². The van der Waals surface area contributed by atoms with Gasteiger partial charge in [0, 0.05) is 11.4 Å². The Kier molecular flexibility index (Phi) is 2.95. The highest BCUT2D eigenvalue weighted by Crippen LogP contribution is 2.33. The number of aromatic nitrogens is 2. The lowest BCUT2D eigenvalue weighted by Gasteiger charge is -2.05. The first kappa shape index (κ1) is 12.1. The molecule has 17 heavy (non-hydrogen) atoms. The topological polar surface area (TPSA) is 55.1 Å². The van der Waals surface area contributed by atoms with E-state index >= 15 is 0 Å². The van der Waals surface area contributed by atoms with Crippen LogP contribution in [0, 0.1) is 0 Å². The summed E-state index contributed by atoms with van der Waals surface area (Å²) in [4.78, 5) is 12.4. The molecule has 5 heteroatoms. The molecule has 0 aliphatic carbocycles. The fraction of sp³-hybridized carbons (Fsp3) is 0.500. The number of aromatic carboxylic acids is 1. The molecule has 0 saturated heterocycles. The normalized spacial score (nSPS) is 11.9. The summed E-state index contributed by atoms with van der Waals surface area (Å²) >= 11 is 1.30. The van der Waals surface area contributed by atoms with Crippen molar-refractivity contribution in [1.82, 2.24) is 9.78 Å². The van der Waals surface area contributed by atoms with Gasteiger partial charge in [-0.3, -0.25) is 4.68 Å². The fourth-order valence-electron chi connectivity index (χ4n) is 1.83. The van der Waals surface area contributed by atoms with E-state index in [0.29, 0.717) is 10.8 Å². The van der Waals surface area contributed by atoms with E-state index in [1.807, 2.05) is 4.68 Å². The van der Waals surface area contributed by atoms with Crippen LogP contribution >= 0.6 is 11.3 Å². The van der Waals surface area contributed by atoms with Crippen molar-refractivity contribution in [3.8, 4) is 0 Å². The van der Waals surface area contributed by atoms with Crippen molar-refractivity contribution in [2.75, 3.05) is 0 Å². The molecular weight excluding hydrogens is 236 g/mol. The van der Waals surface area contributed by atoms with Crippen molar-refractivity contribution in [3.05, 3.63) is 16.6 Å². The monoisotopic (exact) mass is 252 g/mol. The first-order chi connectivity index (χ1) is 7.91. The van der Waals surface area contributed by atoms with Gasteiger partial charge < -0.3 is 5.11 Å². The molecule has 0 unspecified atom stereocenters. The average molecular weight is 252 g/mol. The molecule has 2 aromatic heterocycles. The quantitative estimate of drug-likeness (QED) is 0.909. The Balaban J connectivity index is 2.71. The van der Waals surface area contributed by atoms with Gasteiger partial charge in [0.2, 0.25) is 0 Å². The minimum atomic E-state index is -0.865. The van der Waals surface area contributed by atoms with Crippen molar-refractivity contribution in [2.45, 2.75) is 39.7 Å². The molecule has 0 spiro atoms. The van der Waals surface area contributed by atoms with Gasteiger partial charge >= 0.3 is 5.97 Å². The summed E-state index contributed by atoms with van der Waals surface area (Å²) in [6.45, 7) is 8.25. The largest absolute Gasteiger partial charge is 0.477 e. The van der Waals surface area contributed by atoms with Crippen molar-refractivity contribution < 1.29 is 9.90 Å². The summed E-state index contributed by atoms with van der Waals surface area (Å²) in [5, 5.41) is 14.6. The van der Waals surface area contributed by atoms with Crippen LogP contribution < -0.4 is 0 Å². The molecule has 0 radical (unpaired) electrons. The molecule has 0 atom stereocenters. The highest BCUT2D eigenvalue weighted by molar-refractivity contribution is 7.20.